The van der Waals surface area contributed by atoms with E-state index in [1.54, 1.807) is 36.4 Å². The summed E-state index contributed by atoms with van der Waals surface area (Å²) in [6.07, 6.45) is -0.0340. The van der Waals surface area contributed by atoms with E-state index in [1.807, 2.05) is 50.2 Å². The molecule has 1 heterocycles. The third-order valence-electron chi connectivity index (χ3n) is 7.22. The molecule has 3 aromatic rings. The molecule has 0 spiro atoms. The minimum Gasteiger partial charge on any atom is -0.475 e. The molecule has 3 N–H and O–H groups in total. The first-order chi connectivity index (χ1) is 20.1. The first-order valence-electron chi connectivity index (χ1n) is 13.4. The second kappa shape index (κ2) is 12.6. The van der Waals surface area contributed by atoms with E-state index in [1.165, 1.54) is 6.92 Å². The number of fused-ring (bicyclic) bond motifs is 1. The van der Waals surface area contributed by atoms with Gasteiger partial charge in [-0.05, 0) is 28.3 Å². The molecule has 0 aromatic heterocycles. The Morgan fingerprint density at radius 1 is 1.00 bits per heavy atom. The third kappa shape index (κ3) is 6.26. The molecule has 0 saturated heterocycles. The highest BCUT2D eigenvalue weighted by atomic mass is 16.7. The minimum atomic E-state index is -1.80. The summed E-state index contributed by atoms with van der Waals surface area (Å²) >= 11 is 0. The van der Waals surface area contributed by atoms with Gasteiger partial charge in [-0.25, -0.2) is 4.79 Å². The number of rotatable bonds is 11. The maximum Gasteiger partial charge on any atom is 0.375 e. The van der Waals surface area contributed by atoms with Crippen LogP contribution in [0.25, 0.3) is 16.3 Å². The maximum absolute atomic E-state index is 13.8. The van der Waals surface area contributed by atoms with Crippen LogP contribution in [0.3, 0.4) is 0 Å². The van der Waals surface area contributed by atoms with Gasteiger partial charge >= 0.3 is 5.97 Å². The van der Waals surface area contributed by atoms with Crippen molar-refractivity contribution in [1.29, 1.82) is 0 Å². The highest BCUT2D eigenvalue weighted by Gasteiger charge is 2.50. The van der Waals surface area contributed by atoms with E-state index in [0.717, 1.165) is 16.3 Å². The number of carbonyl (C=O) groups excluding carboxylic acids is 3. The highest BCUT2D eigenvalue weighted by Crippen LogP contribution is 2.32. The monoisotopic (exact) mass is 569 g/mol. The number of benzene rings is 3. The molecule has 11 heteroatoms. The van der Waals surface area contributed by atoms with Gasteiger partial charge in [0.15, 0.2) is 6.04 Å². The Kier molecular flexibility index (Phi) is 8.93. The summed E-state index contributed by atoms with van der Waals surface area (Å²) in [5.74, 6) is -4.47. The molecule has 0 saturated carbocycles. The summed E-state index contributed by atoms with van der Waals surface area (Å²) in [6.45, 7) is 5.01. The zero-order valence-electron chi connectivity index (χ0n) is 23.4. The number of amides is 2. The predicted octanol–water partition coefficient (Wildman–Crippen LogP) is 3.18. The maximum atomic E-state index is 13.8. The Morgan fingerprint density at radius 3 is 2.33 bits per heavy atom. The second-order valence-corrected chi connectivity index (χ2v) is 10.5. The van der Waals surface area contributed by atoms with Crippen molar-refractivity contribution >= 4 is 45.8 Å². The largest absolute Gasteiger partial charge is 0.475 e. The number of hydrogen-bond donors (Lipinski definition) is 3. The Labute approximate surface area is 242 Å². The van der Waals surface area contributed by atoms with Crippen molar-refractivity contribution < 1.29 is 33.9 Å². The number of oxime groups is 1. The van der Waals surface area contributed by atoms with E-state index in [4.69, 9.17) is 4.84 Å². The molecule has 216 valence electrons. The second-order valence-electron chi connectivity index (χ2n) is 10.5. The van der Waals surface area contributed by atoms with Gasteiger partial charge in [0.05, 0.1) is 11.8 Å². The van der Waals surface area contributed by atoms with Gasteiger partial charge in [0, 0.05) is 25.3 Å². The molecular formula is C31H31N5O6. The average Bonchev–Trinajstić information content (AvgIpc) is 3.42. The molecule has 0 fully saturated rings. The first-order valence-corrected chi connectivity index (χ1v) is 13.4. The number of carboxylic acids is 1. The van der Waals surface area contributed by atoms with Gasteiger partial charge in [0.2, 0.25) is 5.60 Å². The van der Waals surface area contributed by atoms with Crippen LogP contribution in [0.4, 0.5) is 0 Å². The lowest BCUT2D eigenvalue weighted by Gasteiger charge is -2.28. The Bertz CT molecular complexity index is 1610. The topological polar surface area (TPSA) is 171 Å². The van der Waals surface area contributed by atoms with E-state index in [-0.39, 0.29) is 30.4 Å². The lowest BCUT2D eigenvalue weighted by molar-refractivity contribution is -0.152. The van der Waals surface area contributed by atoms with Crippen molar-refractivity contribution in [2.24, 2.45) is 11.1 Å². The number of Topliss-reactive ketones (excluding diaryl/α,β-unsaturated/α-hetero) is 1. The molecule has 42 heavy (non-hydrogen) atoms. The smallest absolute Gasteiger partial charge is 0.375 e. The van der Waals surface area contributed by atoms with Gasteiger partial charge in [-0.3, -0.25) is 14.4 Å². The predicted molar refractivity (Wildman–Crippen MR) is 155 cm³/mol. The fourth-order valence-electron chi connectivity index (χ4n) is 4.97. The molecule has 1 aliphatic heterocycles. The quantitative estimate of drug-likeness (QED) is 0.139. The summed E-state index contributed by atoms with van der Waals surface area (Å²) in [7, 11) is 0. The van der Waals surface area contributed by atoms with Crippen molar-refractivity contribution in [3.05, 3.63) is 89.5 Å². The van der Waals surface area contributed by atoms with E-state index in [2.05, 4.69) is 20.6 Å². The zero-order chi connectivity index (χ0) is 30.4. The van der Waals surface area contributed by atoms with Crippen molar-refractivity contribution in [2.75, 3.05) is 0 Å². The number of ketones is 1. The van der Waals surface area contributed by atoms with Crippen molar-refractivity contribution in [1.82, 2.24) is 10.6 Å². The van der Waals surface area contributed by atoms with E-state index < -0.39 is 35.3 Å². The number of carboxylic acid groups (broad SMARTS) is 1. The summed E-state index contributed by atoms with van der Waals surface area (Å²) in [4.78, 5) is 59.8. The molecule has 0 aliphatic carbocycles. The molecule has 11 nitrogen and oxygen atoms in total. The zero-order valence-corrected chi connectivity index (χ0v) is 23.4. The molecule has 0 bridgehead atoms. The van der Waals surface area contributed by atoms with Crippen LogP contribution in [-0.2, 0) is 25.6 Å². The van der Waals surface area contributed by atoms with Crippen molar-refractivity contribution in [2.45, 2.75) is 51.3 Å². The number of aliphatic carboxylic acids is 1. The minimum absolute atomic E-state index is 0.0258. The highest BCUT2D eigenvalue weighted by molar-refractivity contribution is 6.40. The molecule has 1 aliphatic rings. The fraction of sp³-hybridized carbons (Fsp3) is 0.290. The Morgan fingerprint density at radius 2 is 1.67 bits per heavy atom. The number of nitrogens with zero attached hydrogens (tertiary/aromatic N) is 3. The molecule has 4 rings (SSSR count). The lowest BCUT2D eigenvalue weighted by Crippen LogP contribution is -2.57. The van der Waals surface area contributed by atoms with Gasteiger partial charge in [0.1, 0.15) is 0 Å². The normalized spacial score (nSPS) is 17.4. The van der Waals surface area contributed by atoms with Crippen LogP contribution in [0.2, 0.25) is 0 Å². The molecule has 3 atom stereocenters. The molecule has 3 aromatic carbocycles. The van der Waals surface area contributed by atoms with E-state index in [0.29, 0.717) is 11.3 Å². The summed E-state index contributed by atoms with van der Waals surface area (Å²) < 4.78 is 0. The fourth-order valence-corrected chi connectivity index (χ4v) is 4.97. The van der Waals surface area contributed by atoms with Crippen molar-refractivity contribution in [3.8, 4) is 0 Å². The van der Waals surface area contributed by atoms with Crippen LogP contribution in [-0.4, -0.2) is 62.6 Å². The average molecular weight is 570 g/mol. The Balaban J connectivity index is 1.64. The summed E-state index contributed by atoms with van der Waals surface area (Å²) in [6, 6.07) is 19.6. The number of carbonyl (C=O) groups is 4. The summed E-state index contributed by atoms with van der Waals surface area (Å²) in [5, 5.41) is 20.6. The van der Waals surface area contributed by atoms with E-state index >= 15 is 0 Å². The van der Waals surface area contributed by atoms with Crippen LogP contribution in [0.15, 0.2) is 78.0 Å². The van der Waals surface area contributed by atoms with Crippen LogP contribution in [0.5, 0.6) is 0 Å². The molecule has 2 amide bonds. The number of nitrogens with one attached hydrogen (secondary N) is 2. The van der Waals surface area contributed by atoms with Crippen LogP contribution in [0, 0.1) is 5.92 Å². The molecule has 0 radical (unpaired) electrons. The van der Waals surface area contributed by atoms with Gasteiger partial charge in [-0.15, -0.1) is 0 Å². The number of hydrogen-bond acceptors (Lipinski definition) is 6. The third-order valence-corrected chi connectivity index (χ3v) is 7.22. The SMILES string of the molecule is CC(=[N+]=[N-])[C@H](NC(=O)C1(Cc2ccccc2)CC([C@@H](NC(=O)c2cccc3ccccc23)C(C)C)=NO1)C(=O)C(=O)O. The van der Waals surface area contributed by atoms with Crippen LogP contribution in [0.1, 0.15) is 43.1 Å². The van der Waals surface area contributed by atoms with Gasteiger partial charge < -0.3 is 26.1 Å². The standard InChI is InChI=1S/C31H31N5O6/c1-18(2)25(33-28(38)23-15-9-13-21-12-7-8-14-22(21)23)24-17-31(42-36-24,16-20-10-5-4-6-11-20)30(41)34-26(19(3)35-32)27(37)29(39)40/h4-15,18,25-26H,16-17H2,1-3H3,(H,33,38)(H,34,41)(H,39,40)/t25-,26-,31?/m0/s1. The first kappa shape index (κ1) is 29.8. The molecule has 1 unspecified atom stereocenters. The van der Waals surface area contributed by atoms with Crippen molar-refractivity contribution in [3.63, 3.8) is 0 Å². The molecular weight excluding hydrogens is 538 g/mol. The lowest BCUT2D eigenvalue weighted by atomic mass is 9.84. The van der Waals surface area contributed by atoms with Crippen LogP contribution >= 0.6 is 0 Å². The van der Waals surface area contributed by atoms with E-state index in [9.17, 15) is 29.8 Å². The van der Waals surface area contributed by atoms with Gasteiger partial charge in [0.25, 0.3) is 23.3 Å². The van der Waals surface area contributed by atoms with Gasteiger partial charge in [-0.2, -0.15) is 4.79 Å². The van der Waals surface area contributed by atoms with Gasteiger partial charge in [-0.1, -0.05) is 85.7 Å². The summed E-state index contributed by atoms with van der Waals surface area (Å²) in [5.41, 5.74) is 8.85. The van der Waals surface area contributed by atoms with Crippen LogP contribution < -0.4 is 10.6 Å². The Hall–Kier alpha value is -5.15.